The predicted molar refractivity (Wildman–Crippen MR) is 71.2 cm³/mol. The van der Waals surface area contributed by atoms with Crippen molar-refractivity contribution in [3.05, 3.63) is 35.4 Å². The largest absolute Gasteiger partial charge is 0.372 e. The third kappa shape index (κ3) is 3.98. The standard InChI is InChI=1S/C12H17N3S/c1-12(2,3)10-6-4-9(5-7-10)8-14-15-11(13)16/h4-8H,1-3H3,(H3,13,15,16)/p+1. The molecule has 4 heteroatoms. The maximum atomic E-state index is 5.28. The fraction of sp³-hybridized carbons (Fsp3) is 0.333. The van der Waals surface area contributed by atoms with E-state index in [9.17, 15) is 0 Å². The van der Waals surface area contributed by atoms with Crippen molar-refractivity contribution >= 4 is 23.5 Å². The van der Waals surface area contributed by atoms with Gasteiger partial charge in [-0.1, -0.05) is 32.9 Å². The number of rotatable bonds is 2. The average molecular weight is 236 g/mol. The van der Waals surface area contributed by atoms with Crippen molar-refractivity contribution in [2.45, 2.75) is 26.2 Å². The van der Waals surface area contributed by atoms with Gasteiger partial charge in [0.05, 0.1) is 0 Å². The molecule has 0 saturated heterocycles. The molecule has 0 aliphatic heterocycles. The molecule has 0 fully saturated rings. The van der Waals surface area contributed by atoms with Gasteiger partial charge in [-0.15, -0.1) is 10.5 Å². The number of hydrogen-bond acceptors (Lipinski definition) is 1. The summed E-state index contributed by atoms with van der Waals surface area (Å²) in [6.07, 6.45) is 1.81. The number of benzene rings is 1. The lowest BCUT2D eigenvalue weighted by Crippen LogP contribution is -2.82. The lowest BCUT2D eigenvalue weighted by atomic mass is 9.87. The van der Waals surface area contributed by atoms with Crippen LogP contribution in [0.25, 0.3) is 0 Å². The van der Waals surface area contributed by atoms with Gasteiger partial charge in [-0.05, 0) is 35.3 Å². The summed E-state index contributed by atoms with van der Waals surface area (Å²) in [4.78, 5) is 0. The summed E-state index contributed by atoms with van der Waals surface area (Å²) >= 11 is 4.66. The van der Waals surface area contributed by atoms with Gasteiger partial charge >= 0.3 is 0 Å². The average Bonchev–Trinajstić information content (AvgIpc) is 2.16. The van der Waals surface area contributed by atoms with E-state index in [1.54, 1.807) is 0 Å². The molecular weight excluding hydrogens is 218 g/mol. The summed E-state index contributed by atoms with van der Waals surface area (Å²) in [5.74, 6) is 0. The Kier molecular flexibility index (Phi) is 4.01. The Bertz CT molecular complexity index is 388. The third-order valence-corrected chi connectivity index (χ3v) is 2.31. The summed E-state index contributed by atoms with van der Waals surface area (Å²) < 4.78 is 0. The molecular formula is C12H18N3S+. The Morgan fingerprint density at radius 2 is 1.88 bits per heavy atom. The first-order valence-electron chi connectivity index (χ1n) is 5.14. The van der Waals surface area contributed by atoms with Crippen LogP contribution in [0.5, 0.6) is 0 Å². The minimum atomic E-state index is 0.184. The lowest BCUT2D eigenvalue weighted by Gasteiger charge is -2.18. The zero-order valence-corrected chi connectivity index (χ0v) is 10.7. The summed E-state index contributed by atoms with van der Waals surface area (Å²) in [6.45, 7) is 6.58. The second-order valence-corrected chi connectivity index (χ2v) is 5.09. The minimum Gasteiger partial charge on any atom is -0.372 e. The first kappa shape index (κ1) is 12.6. The zero-order chi connectivity index (χ0) is 12.2. The molecule has 1 aromatic carbocycles. The number of thiocarbonyl (C=S) groups is 1. The fourth-order valence-electron chi connectivity index (χ4n) is 1.27. The molecule has 86 valence electrons. The van der Waals surface area contributed by atoms with Crippen LogP contribution < -0.4 is 16.3 Å². The molecule has 16 heavy (non-hydrogen) atoms. The van der Waals surface area contributed by atoms with Crippen LogP contribution >= 0.6 is 12.2 Å². The Morgan fingerprint density at radius 1 is 1.31 bits per heavy atom. The van der Waals surface area contributed by atoms with Gasteiger partial charge in [-0.25, -0.2) is 0 Å². The fourth-order valence-corrected chi connectivity index (χ4v) is 1.33. The summed E-state index contributed by atoms with van der Waals surface area (Å²) in [5, 5.41) is 3.04. The first-order valence-corrected chi connectivity index (χ1v) is 5.55. The highest BCUT2D eigenvalue weighted by Crippen LogP contribution is 2.21. The van der Waals surface area contributed by atoms with Crippen LogP contribution in [-0.2, 0) is 5.41 Å². The van der Waals surface area contributed by atoms with Crippen molar-refractivity contribution in [1.29, 1.82) is 0 Å². The Morgan fingerprint density at radius 3 is 2.31 bits per heavy atom. The number of hydrogen-bond donors (Lipinski definition) is 3. The number of hydrazone groups is 1. The maximum absolute atomic E-state index is 5.28. The van der Waals surface area contributed by atoms with Crippen molar-refractivity contribution < 1.29 is 5.10 Å². The molecule has 0 amide bonds. The molecule has 0 aliphatic rings. The highest BCUT2D eigenvalue weighted by molar-refractivity contribution is 7.80. The van der Waals surface area contributed by atoms with E-state index in [0.29, 0.717) is 0 Å². The van der Waals surface area contributed by atoms with Gasteiger partial charge in [0.25, 0.3) is 0 Å². The van der Waals surface area contributed by atoms with E-state index in [-0.39, 0.29) is 10.5 Å². The molecule has 0 atom stereocenters. The third-order valence-electron chi connectivity index (χ3n) is 2.21. The highest BCUT2D eigenvalue weighted by Gasteiger charge is 2.12. The van der Waals surface area contributed by atoms with Crippen LogP contribution in [0.4, 0.5) is 0 Å². The summed E-state index contributed by atoms with van der Waals surface area (Å²) in [7, 11) is 0. The SMILES string of the molecule is CC(C)(C)c1ccc(C=[NH+]NC(N)=S)cc1. The van der Waals surface area contributed by atoms with Crippen LogP contribution in [-0.4, -0.2) is 11.3 Å². The first-order chi connectivity index (χ1) is 7.39. The van der Waals surface area contributed by atoms with Crippen LogP contribution in [0, 0.1) is 0 Å². The van der Waals surface area contributed by atoms with Crippen molar-refractivity contribution in [2.75, 3.05) is 0 Å². The van der Waals surface area contributed by atoms with Crippen molar-refractivity contribution in [1.82, 2.24) is 5.43 Å². The second-order valence-electron chi connectivity index (χ2n) is 4.65. The molecule has 1 rings (SSSR count). The van der Waals surface area contributed by atoms with Gasteiger partial charge in [0.15, 0.2) is 6.21 Å². The maximum Gasteiger partial charge on any atom is 0.221 e. The summed E-state index contributed by atoms with van der Waals surface area (Å²) in [6, 6.07) is 8.34. The molecule has 0 saturated carbocycles. The van der Waals surface area contributed by atoms with Crippen molar-refractivity contribution in [3.63, 3.8) is 0 Å². The van der Waals surface area contributed by atoms with E-state index in [1.165, 1.54) is 5.56 Å². The quantitative estimate of drug-likeness (QED) is 0.391. The molecule has 1 aromatic rings. The van der Waals surface area contributed by atoms with Crippen molar-refractivity contribution in [2.24, 2.45) is 5.73 Å². The molecule has 0 spiro atoms. The van der Waals surface area contributed by atoms with E-state index in [4.69, 9.17) is 5.73 Å². The van der Waals surface area contributed by atoms with E-state index in [0.717, 1.165) is 5.56 Å². The predicted octanol–water partition coefficient (Wildman–Crippen LogP) is 0.232. The van der Waals surface area contributed by atoms with Crippen LogP contribution in [0.3, 0.4) is 0 Å². The van der Waals surface area contributed by atoms with Gasteiger partial charge in [-0.3, -0.25) is 0 Å². The molecule has 4 N–H and O–H groups in total. The van der Waals surface area contributed by atoms with Gasteiger partial charge in [0.2, 0.25) is 5.11 Å². The van der Waals surface area contributed by atoms with Gasteiger partial charge in [0.1, 0.15) is 0 Å². The lowest BCUT2D eigenvalue weighted by molar-refractivity contribution is -0.499. The minimum absolute atomic E-state index is 0.184. The second kappa shape index (κ2) is 5.07. The molecule has 0 radical (unpaired) electrons. The molecule has 0 aromatic heterocycles. The van der Waals surface area contributed by atoms with Crippen LogP contribution in [0.2, 0.25) is 0 Å². The van der Waals surface area contributed by atoms with E-state index >= 15 is 0 Å². The van der Waals surface area contributed by atoms with E-state index in [1.807, 2.05) is 6.21 Å². The topological polar surface area (TPSA) is 52.0 Å². The van der Waals surface area contributed by atoms with Crippen LogP contribution in [0.1, 0.15) is 31.9 Å². The zero-order valence-electron chi connectivity index (χ0n) is 9.87. The molecule has 3 nitrogen and oxygen atoms in total. The molecule has 0 aliphatic carbocycles. The molecule has 0 unspecified atom stereocenters. The van der Waals surface area contributed by atoms with E-state index < -0.39 is 0 Å². The van der Waals surface area contributed by atoms with Crippen LogP contribution in [0.15, 0.2) is 24.3 Å². The molecule has 0 bridgehead atoms. The van der Waals surface area contributed by atoms with Crippen molar-refractivity contribution in [3.8, 4) is 0 Å². The number of nitrogens with one attached hydrogen (secondary N) is 2. The Balaban J connectivity index is 2.72. The number of hydrazine groups is 1. The Labute approximate surface area is 102 Å². The number of nitrogens with two attached hydrogens (primary N) is 1. The van der Waals surface area contributed by atoms with Gasteiger partial charge in [0, 0.05) is 5.56 Å². The smallest absolute Gasteiger partial charge is 0.221 e. The molecule has 0 heterocycles. The normalized spacial score (nSPS) is 11.7. The van der Waals surface area contributed by atoms with Gasteiger partial charge in [-0.2, -0.15) is 0 Å². The highest BCUT2D eigenvalue weighted by atomic mass is 32.1. The Hall–Kier alpha value is -1.42. The van der Waals surface area contributed by atoms with E-state index in [2.05, 4.69) is 67.8 Å². The monoisotopic (exact) mass is 236 g/mol. The summed E-state index contributed by atoms with van der Waals surface area (Å²) in [5.41, 5.74) is 10.5. The van der Waals surface area contributed by atoms with Gasteiger partial charge < -0.3 is 5.73 Å².